The predicted molar refractivity (Wildman–Crippen MR) is 58.5 cm³/mol. The Morgan fingerprint density at radius 1 is 1.35 bits per heavy atom. The van der Waals surface area contributed by atoms with Crippen LogP contribution < -0.4 is 0 Å². The van der Waals surface area contributed by atoms with Crippen molar-refractivity contribution in [2.45, 2.75) is 13.1 Å². The largest absolute Gasteiger partial charge is 0.433 e. The summed E-state index contributed by atoms with van der Waals surface area (Å²) in [6, 6.07) is 2.26. The molecule has 0 amide bonds. The molecule has 2 aromatic heterocycles. The topological polar surface area (TPSA) is 33.6 Å². The third-order valence-corrected chi connectivity index (χ3v) is 2.46. The molecule has 2 aromatic rings. The molecule has 0 aliphatic heterocycles. The highest BCUT2D eigenvalue weighted by Gasteiger charge is 2.32. The van der Waals surface area contributed by atoms with Gasteiger partial charge in [0.15, 0.2) is 4.77 Å². The molecule has 90 valence electrons. The van der Waals surface area contributed by atoms with Crippen LogP contribution in [-0.2, 0) is 6.18 Å². The molecule has 3 nitrogen and oxygen atoms in total. The van der Waals surface area contributed by atoms with Crippen LogP contribution in [0.2, 0.25) is 0 Å². The number of halogens is 3. The lowest BCUT2D eigenvalue weighted by Crippen LogP contribution is -2.08. The van der Waals surface area contributed by atoms with Gasteiger partial charge in [0.2, 0.25) is 0 Å². The maximum absolute atomic E-state index is 12.3. The number of aryl methyl sites for hydroxylation is 1. The van der Waals surface area contributed by atoms with Gasteiger partial charge >= 0.3 is 6.18 Å². The van der Waals surface area contributed by atoms with Gasteiger partial charge in [0.25, 0.3) is 0 Å². The summed E-state index contributed by atoms with van der Waals surface area (Å²) in [6.07, 6.45) is -1.58. The zero-order valence-electron chi connectivity index (χ0n) is 8.75. The van der Waals surface area contributed by atoms with Crippen LogP contribution in [0, 0.1) is 11.7 Å². The first-order valence-corrected chi connectivity index (χ1v) is 5.10. The molecule has 2 heterocycles. The highest BCUT2D eigenvalue weighted by Crippen LogP contribution is 2.27. The van der Waals surface area contributed by atoms with Crippen molar-refractivity contribution in [1.29, 1.82) is 0 Å². The minimum Gasteiger partial charge on any atom is -0.335 e. The molecule has 0 aromatic carbocycles. The lowest BCUT2D eigenvalue weighted by molar-refractivity contribution is -0.141. The zero-order valence-corrected chi connectivity index (χ0v) is 9.56. The second kappa shape index (κ2) is 3.99. The van der Waals surface area contributed by atoms with Gasteiger partial charge in [-0.15, -0.1) is 0 Å². The average molecular weight is 259 g/mol. The lowest BCUT2D eigenvalue weighted by atomic mass is 10.3. The van der Waals surface area contributed by atoms with Crippen molar-refractivity contribution >= 4 is 12.2 Å². The number of aromatic nitrogens is 3. The standard InChI is InChI=1S/C10H8F3N3S/c1-6-5-16(9(17)15-6)7-2-3-8(14-4-7)10(11,12)13/h2-5H,1H3,(H,15,17). The van der Waals surface area contributed by atoms with E-state index in [-0.39, 0.29) is 0 Å². The smallest absolute Gasteiger partial charge is 0.335 e. The van der Waals surface area contributed by atoms with E-state index in [4.69, 9.17) is 12.2 Å². The van der Waals surface area contributed by atoms with Crippen LogP contribution in [0.4, 0.5) is 13.2 Å². The van der Waals surface area contributed by atoms with Crippen LogP contribution in [0.25, 0.3) is 5.69 Å². The van der Waals surface area contributed by atoms with Crippen molar-refractivity contribution in [1.82, 2.24) is 14.5 Å². The van der Waals surface area contributed by atoms with E-state index < -0.39 is 11.9 Å². The van der Waals surface area contributed by atoms with Crippen LogP contribution in [0.1, 0.15) is 11.4 Å². The number of imidazole rings is 1. The molecule has 0 aliphatic rings. The van der Waals surface area contributed by atoms with Gasteiger partial charge in [-0.1, -0.05) is 0 Å². The van der Waals surface area contributed by atoms with Gasteiger partial charge in [0.05, 0.1) is 11.9 Å². The lowest BCUT2D eigenvalue weighted by Gasteiger charge is -2.06. The number of H-pyrrole nitrogens is 1. The molecule has 0 bridgehead atoms. The Labute approximate surface area is 99.9 Å². The van der Waals surface area contributed by atoms with E-state index in [9.17, 15) is 13.2 Å². The SMILES string of the molecule is Cc1cn(-c2ccc(C(F)(F)F)nc2)c(=S)[nH]1. The summed E-state index contributed by atoms with van der Waals surface area (Å²) in [5, 5.41) is 0. The van der Waals surface area contributed by atoms with E-state index in [1.54, 1.807) is 10.8 Å². The number of alkyl halides is 3. The Kier molecular flexibility index (Phi) is 2.78. The molecule has 0 unspecified atom stereocenters. The van der Waals surface area contributed by atoms with Gasteiger partial charge in [-0.2, -0.15) is 13.2 Å². The average Bonchev–Trinajstić information content (AvgIpc) is 2.57. The highest BCUT2D eigenvalue weighted by molar-refractivity contribution is 7.71. The summed E-state index contributed by atoms with van der Waals surface area (Å²) in [4.78, 5) is 6.25. The van der Waals surface area contributed by atoms with E-state index >= 15 is 0 Å². The summed E-state index contributed by atoms with van der Waals surface area (Å²) in [7, 11) is 0. The van der Waals surface area contributed by atoms with Crippen molar-refractivity contribution in [3.63, 3.8) is 0 Å². The van der Waals surface area contributed by atoms with E-state index in [0.29, 0.717) is 10.5 Å². The third kappa shape index (κ3) is 2.38. The molecule has 0 saturated carbocycles. The minimum atomic E-state index is -4.42. The number of rotatable bonds is 1. The molecule has 7 heteroatoms. The molecule has 0 radical (unpaired) electrons. The van der Waals surface area contributed by atoms with Crippen molar-refractivity contribution < 1.29 is 13.2 Å². The molecular formula is C10H8F3N3S. The number of pyridine rings is 1. The molecule has 2 rings (SSSR count). The normalized spacial score (nSPS) is 11.8. The van der Waals surface area contributed by atoms with Gasteiger partial charge in [-0.3, -0.25) is 4.57 Å². The quantitative estimate of drug-likeness (QED) is 0.797. The fourth-order valence-corrected chi connectivity index (χ4v) is 1.72. The monoisotopic (exact) mass is 259 g/mol. The third-order valence-electron chi connectivity index (χ3n) is 2.16. The molecule has 0 fully saturated rings. The summed E-state index contributed by atoms with van der Waals surface area (Å²) in [5.74, 6) is 0. The summed E-state index contributed by atoms with van der Waals surface area (Å²) >= 11 is 5.02. The van der Waals surface area contributed by atoms with Crippen molar-refractivity contribution in [3.8, 4) is 5.69 Å². The van der Waals surface area contributed by atoms with E-state index in [2.05, 4.69) is 9.97 Å². The number of hydrogen-bond donors (Lipinski definition) is 1. The second-order valence-corrected chi connectivity index (χ2v) is 3.90. The van der Waals surface area contributed by atoms with Crippen molar-refractivity contribution in [2.75, 3.05) is 0 Å². The summed E-state index contributed by atoms with van der Waals surface area (Å²) < 4.78 is 38.9. The number of hydrogen-bond acceptors (Lipinski definition) is 2. The van der Waals surface area contributed by atoms with Gasteiger partial charge in [0, 0.05) is 11.9 Å². The van der Waals surface area contributed by atoms with Gasteiger partial charge in [-0.05, 0) is 31.3 Å². The van der Waals surface area contributed by atoms with Crippen LogP contribution in [0.3, 0.4) is 0 Å². The maximum Gasteiger partial charge on any atom is 0.433 e. The Morgan fingerprint density at radius 2 is 2.06 bits per heavy atom. The molecule has 0 aliphatic carbocycles. The highest BCUT2D eigenvalue weighted by atomic mass is 32.1. The Morgan fingerprint density at radius 3 is 2.47 bits per heavy atom. The van der Waals surface area contributed by atoms with Gasteiger partial charge < -0.3 is 4.98 Å². The first kappa shape index (κ1) is 11.8. The summed E-state index contributed by atoms with van der Waals surface area (Å²) in [6.45, 7) is 1.81. The first-order valence-electron chi connectivity index (χ1n) is 4.70. The van der Waals surface area contributed by atoms with Crippen LogP contribution in [0.5, 0.6) is 0 Å². The number of aromatic amines is 1. The van der Waals surface area contributed by atoms with Crippen LogP contribution in [-0.4, -0.2) is 14.5 Å². The molecule has 0 atom stereocenters. The van der Waals surface area contributed by atoms with E-state index in [0.717, 1.165) is 18.0 Å². The van der Waals surface area contributed by atoms with Crippen molar-refractivity contribution in [3.05, 3.63) is 40.7 Å². The molecule has 0 spiro atoms. The summed E-state index contributed by atoms with van der Waals surface area (Å²) in [5.41, 5.74) is 0.405. The fraction of sp³-hybridized carbons (Fsp3) is 0.200. The molecular weight excluding hydrogens is 251 g/mol. The van der Waals surface area contributed by atoms with Crippen LogP contribution >= 0.6 is 12.2 Å². The van der Waals surface area contributed by atoms with E-state index in [1.165, 1.54) is 6.07 Å². The molecule has 17 heavy (non-hydrogen) atoms. The Hall–Kier alpha value is -1.63. The fourth-order valence-electron chi connectivity index (χ4n) is 1.40. The predicted octanol–water partition coefficient (Wildman–Crippen LogP) is 3.26. The minimum absolute atomic E-state index is 0.420. The second-order valence-electron chi connectivity index (χ2n) is 3.51. The Balaban J connectivity index is 2.43. The van der Waals surface area contributed by atoms with Crippen LogP contribution in [0.15, 0.2) is 24.5 Å². The number of nitrogens with one attached hydrogen (secondary N) is 1. The zero-order chi connectivity index (χ0) is 12.6. The van der Waals surface area contributed by atoms with E-state index in [1.807, 2.05) is 6.92 Å². The molecule has 0 saturated heterocycles. The first-order chi connectivity index (χ1) is 7.88. The van der Waals surface area contributed by atoms with Crippen molar-refractivity contribution in [2.24, 2.45) is 0 Å². The van der Waals surface area contributed by atoms with Gasteiger partial charge in [0.1, 0.15) is 5.69 Å². The molecule has 1 N–H and O–H groups in total. The maximum atomic E-state index is 12.3. The number of nitrogens with zero attached hydrogens (tertiary/aromatic N) is 2. The van der Waals surface area contributed by atoms with Gasteiger partial charge in [-0.25, -0.2) is 4.98 Å². The Bertz CT molecular complexity index is 580.